The van der Waals surface area contributed by atoms with Gasteiger partial charge in [-0.2, -0.15) is 0 Å². The predicted octanol–water partition coefficient (Wildman–Crippen LogP) is 7.49. The maximum Gasteiger partial charge on any atom is 0.303 e. The fourth-order valence-corrected chi connectivity index (χ4v) is 4.82. The smallest absolute Gasteiger partial charge is 0.303 e. The lowest BCUT2D eigenvalue weighted by Gasteiger charge is -2.19. The Morgan fingerprint density at radius 3 is 2.20 bits per heavy atom. The van der Waals surface area contributed by atoms with Crippen LogP contribution in [0.1, 0.15) is 42.4 Å². The Morgan fingerprint density at radius 2 is 1.52 bits per heavy atom. The Balaban J connectivity index is 1.61. The molecule has 232 valence electrons. The third kappa shape index (κ3) is 8.12. The fraction of sp³-hybridized carbons (Fsp3) is 0.273. The van der Waals surface area contributed by atoms with Crippen molar-refractivity contribution in [3.63, 3.8) is 0 Å². The summed E-state index contributed by atoms with van der Waals surface area (Å²) in [5.74, 6) is -2.30. The Kier molecular flexibility index (Phi) is 11.3. The molecule has 2 N–H and O–H groups in total. The number of anilines is 1. The highest BCUT2D eigenvalue weighted by Gasteiger charge is 2.20. The highest BCUT2D eigenvalue weighted by Crippen LogP contribution is 2.42. The molecule has 0 aliphatic rings. The van der Waals surface area contributed by atoms with E-state index in [0.29, 0.717) is 24.1 Å². The first-order valence-electron chi connectivity index (χ1n) is 13.8. The van der Waals surface area contributed by atoms with Crippen molar-refractivity contribution in [2.45, 2.75) is 38.7 Å². The number of aliphatic carboxylic acids is 1. The number of hydrogen-bond donors (Lipinski definition) is 2. The van der Waals surface area contributed by atoms with E-state index < -0.39 is 32.5 Å². The minimum absolute atomic E-state index is 0.0402. The molecule has 0 radical (unpaired) electrons. The van der Waals surface area contributed by atoms with Crippen LogP contribution in [0.5, 0.6) is 23.0 Å². The zero-order valence-corrected chi connectivity index (χ0v) is 24.0. The largest absolute Gasteiger partial charge is 0.482 e. The quantitative estimate of drug-likeness (QED) is 0.135. The monoisotopic (exact) mass is 611 g/mol. The standard InChI is InChI=1S/C33H32F3NO7/c1-21(26-10-4-7-23-6-2-3-9-27(23)26)33(40)37-28-14-22(12-13-24(28)8-5-11-31(38)39)17-41-32-29(43-19-35)15-25(42-18-34)16-30(32)44-20-36/h2-4,6-7,9-10,12-16,21H,5,8,11,17-20H2,1H3,(H,37,40)(H,38,39). The molecule has 0 saturated heterocycles. The van der Waals surface area contributed by atoms with E-state index >= 15 is 0 Å². The van der Waals surface area contributed by atoms with Crippen molar-refractivity contribution in [1.82, 2.24) is 0 Å². The third-order valence-corrected chi connectivity index (χ3v) is 6.97. The lowest BCUT2D eigenvalue weighted by Crippen LogP contribution is -2.20. The van der Waals surface area contributed by atoms with Crippen molar-refractivity contribution < 1.29 is 46.8 Å². The highest BCUT2D eigenvalue weighted by molar-refractivity contribution is 5.99. The SMILES string of the molecule is CC(C(=O)Nc1cc(COc2c(OCF)cc(OCF)cc2OCF)ccc1CCCC(=O)O)c1cccc2ccccc12. The second kappa shape index (κ2) is 15.5. The molecule has 0 heterocycles. The lowest BCUT2D eigenvalue weighted by atomic mass is 9.94. The number of aryl methyl sites for hydroxylation is 1. The molecule has 0 aromatic heterocycles. The molecule has 1 amide bonds. The number of carbonyl (C=O) groups is 2. The van der Waals surface area contributed by atoms with E-state index in [9.17, 15) is 22.8 Å². The third-order valence-electron chi connectivity index (χ3n) is 6.97. The Bertz CT molecular complexity index is 1560. The van der Waals surface area contributed by atoms with Gasteiger partial charge in [-0.15, -0.1) is 0 Å². The predicted molar refractivity (Wildman–Crippen MR) is 159 cm³/mol. The van der Waals surface area contributed by atoms with Gasteiger partial charge in [0, 0.05) is 24.2 Å². The van der Waals surface area contributed by atoms with Crippen LogP contribution in [0.2, 0.25) is 0 Å². The van der Waals surface area contributed by atoms with Crippen LogP contribution in [0.3, 0.4) is 0 Å². The number of nitrogens with one attached hydrogen (secondary N) is 1. The summed E-state index contributed by atoms with van der Waals surface area (Å²) in [6, 6.07) is 21.1. The first kappa shape index (κ1) is 32.0. The number of halogens is 3. The topological polar surface area (TPSA) is 103 Å². The second-order valence-electron chi connectivity index (χ2n) is 9.82. The second-order valence-corrected chi connectivity index (χ2v) is 9.82. The molecular formula is C33H32F3NO7. The fourth-order valence-electron chi connectivity index (χ4n) is 4.82. The van der Waals surface area contributed by atoms with Gasteiger partial charge in [0.25, 0.3) is 0 Å². The summed E-state index contributed by atoms with van der Waals surface area (Å²) in [4.78, 5) is 24.6. The zero-order chi connectivity index (χ0) is 31.5. The van der Waals surface area contributed by atoms with Crippen molar-refractivity contribution in [3.05, 3.63) is 89.5 Å². The van der Waals surface area contributed by atoms with E-state index in [-0.39, 0.29) is 41.9 Å². The number of carboxylic acid groups (broad SMARTS) is 1. The Morgan fingerprint density at radius 1 is 0.841 bits per heavy atom. The van der Waals surface area contributed by atoms with Crippen LogP contribution in [-0.2, 0) is 22.6 Å². The molecule has 8 nitrogen and oxygen atoms in total. The Hall–Kier alpha value is -4.93. The number of carbonyl (C=O) groups excluding carboxylic acids is 1. The van der Waals surface area contributed by atoms with E-state index in [1.165, 1.54) is 12.1 Å². The van der Waals surface area contributed by atoms with Gasteiger partial charge in [0.1, 0.15) is 12.4 Å². The Labute approximate surface area is 252 Å². The van der Waals surface area contributed by atoms with Crippen molar-refractivity contribution in [2.24, 2.45) is 0 Å². The molecule has 4 rings (SSSR count). The van der Waals surface area contributed by atoms with E-state index in [4.69, 9.17) is 24.1 Å². The van der Waals surface area contributed by atoms with E-state index in [1.807, 2.05) is 49.4 Å². The first-order chi connectivity index (χ1) is 21.3. The van der Waals surface area contributed by atoms with Crippen LogP contribution in [0.25, 0.3) is 10.8 Å². The number of hydrogen-bond acceptors (Lipinski definition) is 6. The van der Waals surface area contributed by atoms with Crippen molar-refractivity contribution in [1.29, 1.82) is 0 Å². The van der Waals surface area contributed by atoms with Crippen LogP contribution < -0.4 is 24.3 Å². The minimum atomic E-state index is -1.25. The van der Waals surface area contributed by atoms with Gasteiger partial charge in [0.2, 0.25) is 32.2 Å². The minimum Gasteiger partial charge on any atom is -0.482 e. The lowest BCUT2D eigenvalue weighted by molar-refractivity contribution is -0.137. The normalized spacial score (nSPS) is 11.5. The number of ether oxygens (including phenoxy) is 4. The van der Waals surface area contributed by atoms with Crippen LogP contribution in [0.4, 0.5) is 18.9 Å². The number of alkyl halides is 3. The molecule has 1 unspecified atom stereocenters. The van der Waals surface area contributed by atoms with Crippen molar-refractivity contribution in [3.8, 4) is 23.0 Å². The molecule has 1 atom stereocenters. The van der Waals surface area contributed by atoms with E-state index in [2.05, 4.69) is 5.32 Å². The maximum atomic E-state index is 13.5. The molecule has 0 saturated carbocycles. The number of benzene rings is 4. The first-order valence-corrected chi connectivity index (χ1v) is 13.8. The average Bonchev–Trinajstić information content (AvgIpc) is 3.01. The molecule has 11 heteroatoms. The number of amides is 1. The zero-order valence-electron chi connectivity index (χ0n) is 24.0. The van der Waals surface area contributed by atoms with Gasteiger partial charge in [0.05, 0.1) is 5.92 Å². The molecule has 0 aliphatic carbocycles. The summed E-state index contributed by atoms with van der Waals surface area (Å²) in [6.07, 6.45) is 0.709. The van der Waals surface area contributed by atoms with Crippen LogP contribution in [0.15, 0.2) is 72.8 Å². The summed E-state index contributed by atoms with van der Waals surface area (Å²) in [6.45, 7) is -2.01. The van der Waals surface area contributed by atoms with Crippen molar-refractivity contribution in [2.75, 3.05) is 25.9 Å². The molecule has 0 aliphatic heterocycles. The summed E-state index contributed by atoms with van der Waals surface area (Å²) in [7, 11) is 0. The molecular weight excluding hydrogens is 579 g/mol. The molecule has 4 aromatic carbocycles. The van der Waals surface area contributed by atoms with Gasteiger partial charge in [-0.3, -0.25) is 9.59 Å². The van der Waals surface area contributed by atoms with Crippen LogP contribution in [0, 0.1) is 0 Å². The highest BCUT2D eigenvalue weighted by atomic mass is 19.1. The molecule has 4 aromatic rings. The molecule has 44 heavy (non-hydrogen) atoms. The van der Waals surface area contributed by atoms with Gasteiger partial charge in [0.15, 0.2) is 11.5 Å². The van der Waals surface area contributed by atoms with Gasteiger partial charge in [-0.05, 0) is 53.3 Å². The maximum absolute atomic E-state index is 13.5. The molecule has 0 spiro atoms. The summed E-state index contributed by atoms with van der Waals surface area (Å²) in [5, 5.41) is 14.1. The molecule has 0 bridgehead atoms. The average molecular weight is 612 g/mol. The van der Waals surface area contributed by atoms with Gasteiger partial charge in [-0.1, -0.05) is 54.6 Å². The number of fused-ring (bicyclic) bond motifs is 1. The van der Waals surface area contributed by atoms with E-state index in [0.717, 1.165) is 21.9 Å². The van der Waals surface area contributed by atoms with Gasteiger partial charge >= 0.3 is 5.97 Å². The van der Waals surface area contributed by atoms with Crippen LogP contribution >= 0.6 is 0 Å². The van der Waals surface area contributed by atoms with Gasteiger partial charge < -0.3 is 29.4 Å². The summed E-state index contributed by atoms with van der Waals surface area (Å²) < 4.78 is 59.5. The summed E-state index contributed by atoms with van der Waals surface area (Å²) in [5.41, 5.74) is 2.62. The van der Waals surface area contributed by atoms with Crippen molar-refractivity contribution >= 4 is 28.3 Å². The van der Waals surface area contributed by atoms with Gasteiger partial charge in [-0.25, -0.2) is 13.2 Å². The number of carboxylic acids is 1. The van der Waals surface area contributed by atoms with Crippen LogP contribution in [-0.4, -0.2) is 37.6 Å². The number of rotatable bonds is 16. The summed E-state index contributed by atoms with van der Waals surface area (Å²) >= 11 is 0. The molecule has 0 fully saturated rings. The van der Waals surface area contributed by atoms with E-state index in [1.54, 1.807) is 18.2 Å².